The van der Waals surface area contributed by atoms with Crippen LogP contribution in [0.5, 0.6) is 0 Å². The number of rotatable bonds is 5. The van der Waals surface area contributed by atoms with Gasteiger partial charge < -0.3 is 0 Å². The monoisotopic (exact) mass is 353 g/mol. The molecule has 2 aromatic heterocycles. The molecule has 0 radical (unpaired) electrons. The lowest BCUT2D eigenvalue weighted by Crippen LogP contribution is -2.36. The number of hydrogen-bond acceptors (Lipinski definition) is 4. The minimum absolute atomic E-state index is 0.125. The highest BCUT2D eigenvalue weighted by molar-refractivity contribution is 5.20. The highest BCUT2D eigenvalue weighted by Gasteiger charge is 2.26. The zero-order chi connectivity index (χ0) is 17.5. The molecule has 6 heteroatoms. The lowest BCUT2D eigenvalue weighted by atomic mass is 9.96. The third-order valence-electron chi connectivity index (χ3n) is 6.27. The van der Waals surface area contributed by atoms with Crippen molar-refractivity contribution in [3.8, 4) is 0 Å². The minimum atomic E-state index is 0.125. The first-order chi connectivity index (χ1) is 12.8. The lowest BCUT2D eigenvalue weighted by molar-refractivity contribution is 0.166. The van der Waals surface area contributed by atoms with E-state index < -0.39 is 0 Å². The summed E-state index contributed by atoms with van der Waals surface area (Å²) in [5, 5.41) is 4.51. The third kappa shape index (κ3) is 3.22. The standard InChI is InChI=1S/C20H27N5O/c26-20-10-18(16-3-4-16)21-14-24(20)12-15-5-8-23(9-6-15)13-17-11-22-25-7-1-2-19(17)25/h10-11,14-16H,1-9,12-13H2. The van der Waals surface area contributed by atoms with Gasteiger partial charge in [-0.3, -0.25) is 18.9 Å². The zero-order valence-electron chi connectivity index (χ0n) is 15.3. The van der Waals surface area contributed by atoms with Crippen LogP contribution in [-0.2, 0) is 26.1 Å². The van der Waals surface area contributed by atoms with Crippen LogP contribution in [0.1, 0.15) is 55.0 Å². The van der Waals surface area contributed by atoms with E-state index in [4.69, 9.17) is 0 Å². The van der Waals surface area contributed by atoms with Gasteiger partial charge in [0.15, 0.2) is 0 Å². The van der Waals surface area contributed by atoms with Gasteiger partial charge in [0.1, 0.15) is 0 Å². The number of nitrogens with zero attached hydrogens (tertiary/aromatic N) is 5. The summed E-state index contributed by atoms with van der Waals surface area (Å²) in [4.78, 5) is 19.4. The highest BCUT2D eigenvalue weighted by atomic mass is 16.1. The number of aryl methyl sites for hydroxylation is 1. The molecule has 5 rings (SSSR count). The largest absolute Gasteiger partial charge is 0.299 e. The van der Waals surface area contributed by atoms with Crippen molar-refractivity contribution in [1.82, 2.24) is 24.2 Å². The van der Waals surface area contributed by atoms with Crippen molar-refractivity contribution in [3.05, 3.63) is 45.9 Å². The summed E-state index contributed by atoms with van der Waals surface area (Å²) in [7, 11) is 0. The number of hydrogen-bond donors (Lipinski definition) is 0. The van der Waals surface area contributed by atoms with Gasteiger partial charge in [-0.1, -0.05) is 0 Å². The van der Waals surface area contributed by atoms with Crippen LogP contribution in [0.25, 0.3) is 0 Å². The number of fused-ring (bicyclic) bond motifs is 1. The van der Waals surface area contributed by atoms with Gasteiger partial charge in [-0.2, -0.15) is 5.10 Å². The molecule has 1 saturated heterocycles. The van der Waals surface area contributed by atoms with E-state index >= 15 is 0 Å². The van der Waals surface area contributed by atoms with Gasteiger partial charge in [0.2, 0.25) is 0 Å². The molecule has 6 nitrogen and oxygen atoms in total. The molecule has 2 aromatic rings. The average Bonchev–Trinajstić information content (AvgIpc) is 3.28. The summed E-state index contributed by atoms with van der Waals surface area (Å²) in [5.74, 6) is 1.13. The molecule has 26 heavy (non-hydrogen) atoms. The van der Waals surface area contributed by atoms with E-state index in [-0.39, 0.29) is 5.56 Å². The molecular weight excluding hydrogens is 326 g/mol. The number of piperidine rings is 1. The maximum atomic E-state index is 12.3. The SMILES string of the molecule is O=c1cc(C2CC2)ncn1CC1CCN(Cc2cnn3c2CCC3)CC1. The quantitative estimate of drug-likeness (QED) is 0.827. The summed E-state index contributed by atoms with van der Waals surface area (Å²) in [6.45, 7) is 5.14. The first-order valence-corrected chi connectivity index (χ1v) is 10.1. The Hall–Kier alpha value is -1.95. The molecule has 3 aliphatic rings. The van der Waals surface area contributed by atoms with E-state index in [0.29, 0.717) is 11.8 Å². The van der Waals surface area contributed by atoms with Crippen molar-refractivity contribution in [2.24, 2.45) is 5.92 Å². The Balaban J connectivity index is 1.16. The Morgan fingerprint density at radius 1 is 1.12 bits per heavy atom. The van der Waals surface area contributed by atoms with Crippen LogP contribution in [0, 0.1) is 5.92 Å². The topological polar surface area (TPSA) is 56.0 Å². The molecule has 0 amide bonds. The van der Waals surface area contributed by atoms with E-state index in [1.54, 1.807) is 12.4 Å². The van der Waals surface area contributed by atoms with Gasteiger partial charge in [-0.15, -0.1) is 0 Å². The fourth-order valence-electron chi connectivity index (χ4n) is 4.49. The molecule has 1 aliphatic carbocycles. The minimum Gasteiger partial charge on any atom is -0.299 e. The highest BCUT2D eigenvalue weighted by Crippen LogP contribution is 2.38. The van der Waals surface area contributed by atoms with Crippen molar-refractivity contribution < 1.29 is 0 Å². The Labute approximate surface area is 153 Å². The first kappa shape index (κ1) is 16.2. The maximum Gasteiger partial charge on any atom is 0.253 e. The molecule has 2 fully saturated rings. The molecule has 0 bridgehead atoms. The summed E-state index contributed by atoms with van der Waals surface area (Å²) in [6, 6.07) is 1.76. The Morgan fingerprint density at radius 3 is 2.73 bits per heavy atom. The molecule has 1 saturated carbocycles. The van der Waals surface area contributed by atoms with Crippen LogP contribution in [0.15, 0.2) is 23.4 Å². The van der Waals surface area contributed by atoms with Crippen molar-refractivity contribution >= 4 is 0 Å². The zero-order valence-corrected chi connectivity index (χ0v) is 15.3. The van der Waals surface area contributed by atoms with Crippen molar-refractivity contribution in [3.63, 3.8) is 0 Å². The molecule has 2 aliphatic heterocycles. The molecule has 0 spiro atoms. The molecule has 0 atom stereocenters. The van der Waals surface area contributed by atoms with Crippen LogP contribution >= 0.6 is 0 Å². The first-order valence-electron chi connectivity index (χ1n) is 10.1. The Morgan fingerprint density at radius 2 is 1.96 bits per heavy atom. The predicted molar refractivity (Wildman–Crippen MR) is 99.0 cm³/mol. The Bertz CT molecular complexity index is 842. The van der Waals surface area contributed by atoms with Crippen LogP contribution in [0.4, 0.5) is 0 Å². The third-order valence-corrected chi connectivity index (χ3v) is 6.27. The van der Waals surface area contributed by atoms with Crippen molar-refractivity contribution in [2.75, 3.05) is 13.1 Å². The average molecular weight is 353 g/mol. The van der Waals surface area contributed by atoms with E-state index in [1.165, 1.54) is 36.9 Å². The molecule has 138 valence electrons. The predicted octanol–water partition coefficient (Wildman–Crippen LogP) is 2.18. The van der Waals surface area contributed by atoms with Crippen LogP contribution in [0.2, 0.25) is 0 Å². The van der Waals surface area contributed by atoms with Gasteiger partial charge in [0, 0.05) is 42.9 Å². The van der Waals surface area contributed by atoms with Gasteiger partial charge in [-0.05, 0) is 57.5 Å². The lowest BCUT2D eigenvalue weighted by Gasteiger charge is -2.32. The van der Waals surface area contributed by atoms with Gasteiger partial charge >= 0.3 is 0 Å². The summed E-state index contributed by atoms with van der Waals surface area (Å²) in [5.41, 5.74) is 3.98. The van der Waals surface area contributed by atoms with Crippen LogP contribution < -0.4 is 5.56 Å². The molecule has 0 unspecified atom stereocenters. The molecular formula is C20H27N5O. The molecule has 0 aromatic carbocycles. The Kier molecular flexibility index (Phi) is 4.15. The van der Waals surface area contributed by atoms with E-state index in [9.17, 15) is 4.79 Å². The molecule has 4 heterocycles. The normalized spacial score (nSPS) is 21.2. The van der Waals surface area contributed by atoms with Gasteiger partial charge in [-0.25, -0.2) is 4.98 Å². The van der Waals surface area contributed by atoms with E-state index in [1.807, 2.05) is 4.57 Å². The summed E-state index contributed by atoms with van der Waals surface area (Å²) >= 11 is 0. The maximum absolute atomic E-state index is 12.3. The van der Waals surface area contributed by atoms with Crippen LogP contribution in [0.3, 0.4) is 0 Å². The smallest absolute Gasteiger partial charge is 0.253 e. The van der Waals surface area contributed by atoms with Gasteiger partial charge in [0.25, 0.3) is 5.56 Å². The number of aromatic nitrogens is 4. The second-order valence-electron chi connectivity index (χ2n) is 8.24. The van der Waals surface area contributed by atoms with Crippen LogP contribution in [-0.4, -0.2) is 37.3 Å². The molecule has 0 N–H and O–H groups in total. The van der Waals surface area contributed by atoms with Gasteiger partial charge in [0.05, 0.1) is 18.2 Å². The second kappa shape index (κ2) is 6.65. The van der Waals surface area contributed by atoms with Crippen molar-refractivity contribution in [2.45, 2.75) is 64.1 Å². The second-order valence-corrected chi connectivity index (χ2v) is 8.24. The fraction of sp³-hybridized carbons (Fsp3) is 0.650. The summed E-state index contributed by atoms with van der Waals surface area (Å²) in [6.07, 6.45) is 10.9. The number of likely N-dealkylation sites (tertiary alicyclic amines) is 1. The van der Waals surface area contributed by atoms with Crippen molar-refractivity contribution in [1.29, 1.82) is 0 Å². The fourth-order valence-corrected chi connectivity index (χ4v) is 4.49. The van der Waals surface area contributed by atoms with E-state index in [0.717, 1.165) is 51.3 Å². The van der Waals surface area contributed by atoms with E-state index in [2.05, 4.69) is 25.9 Å². The summed E-state index contributed by atoms with van der Waals surface area (Å²) < 4.78 is 3.99.